The van der Waals surface area contributed by atoms with Crippen LogP contribution in [-0.2, 0) is 0 Å². The third kappa shape index (κ3) is 2.66. The van der Waals surface area contributed by atoms with Gasteiger partial charge in [-0.1, -0.05) is 0 Å². The van der Waals surface area contributed by atoms with Gasteiger partial charge in [-0.05, 0) is 48.7 Å². The van der Waals surface area contributed by atoms with Crippen molar-refractivity contribution < 1.29 is 9.15 Å². The van der Waals surface area contributed by atoms with Gasteiger partial charge in [0.15, 0.2) is 0 Å². The molecule has 0 bridgehead atoms. The molecular formula is C20H15N5O2S. The van der Waals surface area contributed by atoms with E-state index in [1.807, 2.05) is 59.3 Å². The highest BCUT2D eigenvalue weighted by Gasteiger charge is 2.22. The fourth-order valence-electron chi connectivity index (χ4n) is 3.08. The van der Waals surface area contributed by atoms with E-state index in [9.17, 15) is 0 Å². The molecule has 0 atom stereocenters. The molecule has 28 heavy (non-hydrogen) atoms. The van der Waals surface area contributed by atoms with E-state index >= 15 is 0 Å². The average Bonchev–Trinajstić information content (AvgIpc) is 3.45. The Morgan fingerprint density at radius 2 is 1.89 bits per heavy atom. The summed E-state index contributed by atoms with van der Waals surface area (Å²) < 4.78 is 13.2. The molecular weight excluding hydrogens is 374 g/mol. The Morgan fingerprint density at radius 1 is 1.07 bits per heavy atom. The van der Waals surface area contributed by atoms with E-state index in [-0.39, 0.29) is 0 Å². The molecule has 1 aromatic carbocycles. The normalized spacial score (nSPS) is 11.2. The molecule has 7 nitrogen and oxygen atoms in total. The number of imidazole rings is 1. The number of rotatable bonds is 4. The lowest BCUT2D eigenvalue weighted by Crippen LogP contribution is -1.91. The second-order valence-electron chi connectivity index (χ2n) is 6.13. The fourth-order valence-corrected chi connectivity index (χ4v) is 3.77. The van der Waals surface area contributed by atoms with Crippen LogP contribution in [0.25, 0.3) is 40.1 Å². The smallest absolute Gasteiger partial charge is 0.267 e. The number of thiophene rings is 1. The summed E-state index contributed by atoms with van der Waals surface area (Å²) in [5.74, 6) is 2.23. The predicted molar refractivity (Wildman–Crippen MR) is 106 cm³/mol. The Hall–Kier alpha value is -3.52. The second kappa shape index (κ2) is 6.58. The van der Waals surface area contributed by atoms with Crippen molar-refractivity contribution in [1.29, 1.82) is 0 Å². The van der Waals surface area contributed by atoms with Gasteiger partial charge in [-0.3, -0.25) is 4.40 Å². The molecule has 0 spiro atoms. The van der Waals surface area contributed by atoms with Crippen LogP contribution in [-0.4, -0.2) is 31.7 Å². The number of fused-ring (bicyclic) bond motifs is 1. The topological polar surface area (TPSA) is 78.3 Å². The van der Waals surface area contributed by atoms with E-state index in [1.54, 1.807) is 24.6 Å². The minimum absolute atomic E-state index is 0.395. The lowest BCUT2D eigenvalue weighted by Gasteiger charge is -2.03. The number of benzene rings is 1. The molecule has 0 amide bonds. The first-order chi connectivity index (χ1) is 13.7. The zero-order chi connectivity index (χ0) is 19.1. The van der Waals surface area contributed by atoms with Crippen LogP contribution in [0.2, 0.25) is 0 Å². The number of nitrogens with zero attached hydrogens (tertiary/aromatic N) is 5. The summed E-state index contributed by atoms with van der Waals surface area (Å²) in [5.41, 5.74) is 3.29. The molecule has 4 aromatic heterocycles. The van der Waals surface area contributed by atoms with Gasteiger partial charge in [0.1, 0.15) is 17.1 Å². The Labute approximate surface area is 164 Å². The molecule has 0 fully saturated rings. The van der Waals surface area contributed by atoms with Gasteiger partial charge >= 0.3 is 0 Å². The minimum atomic E-state index is 0.395. The first-order valence-electron chi connectivity index (χ1n) is 8.60. The number of methoxy groups -OCH3 is 1. The third-order valence-corrected chi connectivity index (χ3v) is 5.33. The van der Waals surface area contributed by atoms with E-state index in [4.69, 9.17) is 9.15 Å². The number of aryl methyl sites for hydroxylation is 1. The maximum atomic E-state index is 6.04. The van der Waals surface area contributed by atoms with Crippen molar-refractivity contribution in [3.8, 4) is 40.0 Å². The van der Waals surface area contributed by atoms with Crippen molar-refractivity contribution in [2.75, 3.05) is 7.11 Å². The van der Waals surface area contributed by atoms with Gasteiger partial charge in [-0.15, -0.1) is 21.5 Å². The summed E-state index contributed by atoms with van der Waals surface area (Å²) in [6.07, 6.45) is 3.59. The molecule has 0 aliphatic rings. The standard InChI is InChI=1S/C20H15N5O2S/c1-12-15(8-11-28-12)18-23-24-19(27-18)17-16(13-4-6-14(26-2)7-5-13)22-20-21-9-3-10-25(17)20/h3-11H,1-2H3. The summed E-state index contributed by atoms with van der Waals surface area (Å²) in [5, 5.41) is 10.6. The highest BCUT2D eigenvalue weighted by molar-refractivity contribution is 7.10. The Kier molecular flexibility index (Phi) is 3.91. The first-order valence-corrected chi connectivity index (χ1v) is 9.48. The summed E-state index contributed by atoms with van der Waals surface area (Å²) in [7, 11) is 1.64. The van der Waals surface area contributed by atoms with Gasteiger partial charge in [-0.25, -0.2) is 9.97 Å². The summed E-state index contributed by atoms with van der Waals surface area (Å²) in [4.78, 5) is 10.2. The van der Waals surface area contributed by atoms with E-state index in [0.29, 0.717) is 23.3 Å². The van der Waals surface area contributed by atoms with Crippen LogP contribution in [0.1, 0.15) is 4.88 Å². The van der Waals surface area contributed by atoms with Crippen molar-refractivity contribution in [2.45, 2.75) is 6.92 Å². The lowest BCUT2D eigenvalue weighted by molar-refractivity contribution is 0.415. The average molecular weight is 389 g/mol. The Balaban J connectivity index is 1.70. The predicted octanol–water partition coefficient (Wildman–Crippen LogP) is 4.49. The highest BCUT2D eigenvalue weighted by Crippen LogP contribution is 2.34. The van der Waals surface area contributed by atoms with Crippen molar-refractivity contribution in [3.05, 3.63) is 59.0 Å². The van der Waals surface area contributed by atoms with Crippen molar-refractivity contribution >= 4 is 17.1 Å². The summed E-state index contributed by atoms with van der Waals surface area (Å²) in [6.45, 7) is 2.03. The fraction of sp³-hybridized carbons (Fsp3) is 0.100. The maximum absolute atomic E-state index is 6.04. The van der Waals surface area contributed by atoms with Crippen LogP contribution < -0.4 is 4.74 Å². The van der Waals surface area contributed by atoms with Crippen LogP contribution in [0.4, 0.5) is 0 Å². The monoisotopic (exact) mass is 389 g/mol. The highest BCUT2D eigenvalue weighted by atomic mass is 32.1. The maximum Gasteiger partial charge on any atom is 0.267 e. The lowest BCUT2D eigenvalue weighted by atomic mass is 10.1. The molecule has 0 unspecified atom stereocenters. The zero-order valence-electron chi connectivity index (χ0n) is 15.2. The van der Waals surface area contributed by atoms with Gasteiger partial charge < -0.3 is 9.15 Å². The molecule has 5 aromatic rings. The van der Waals surface area contributed by atoms with Crippen LogP contribution in [0.15, 0.2) is 58.6 Å². The Morgan fingerprint density at radius 3 is 2.64 bits per heavy atom. The van der Waals surface area contributed by atoms with Crippen molar-refractivity contribution in [1.82, 2.24) is 24.6 Å². The summed E-state index contributed by atoms with van der Waals surface area (Å²) in [6, 6.07) is 11.5. The molecule has 8 heteroatoms. The van der Waals surface area contributed by atoms with Gasteiger partial charge in [0.2, 0.25) is 11.7 Å². The van der Waals surface area contributed by atoms with Crippen molar-refractivity contribution in [2.24, 2.45) is 0 Å². The second-order valence-corrected chi connectivity index (χ2v) is 7.25. The number of hydrogen-bond acceptors (Lipinski definition) is 7. The molecule has 0 aliphatic heterocycles. The molecule has 4 heterocycles. The van der Waals surface area contributed by atoms with Gasteiger partial charge in [0.05, 0.1) is 12.7 Å². The molecule has 5 rings (SSSR count). The van der Waals surface area contributed by atoms with Crippen LogP contribution in [0.5, 0.6) is 5.75 Å². The first kappa shape index (κ1) is 16.6. The molecule has 0 N–H and O–H groups in total. The molecule has 138 valence electrons. The minimum Gasteiger partial charge on any atom is -0.497 e. The SMILES string of the molecule is COc1ccc(-c2nc3ncccn3c2-c2nnc(-c3ccsc3C)o2)cc1. The Bertz CT molecular complexity index is 1270. The van der Waals surface area contributed by atoms with E-state index < -0.39 is 0 Å². The largest absolute Gasteiger partial charge is 0.497 e. The molecule has 0 aliphatic carbocycles. The van der Waals surface area contributed by atoms with E-state index in [2.05, 4.69) is 20.2 Å². The van der Waals surface area contributed by atoms with Gasteiger partial charge in [-0.2, -0.15) is 0 Å². The zero-order valence-corrected chi connectivity index (χ0v) is 16.0. The molecule has 0 saturated carbocycles. The van der Waals surface area contributed by atoms with Gasteiger partial charge in [0.25, 0.3) is 5.89 Å². The van der Waals surface area contributed by atoms with Crippen LogP contribution in [0, 0.1) is 6.92 Å². The molecule has 0 radical (unpaired) electrons. The van der Waals surface area contributed by atoms with Crippen LogP contribution in [0.3, 0.4) is 0 Å². The quantitative estimate of drug-likeness (QED) is 0.451. The number of hydrogen-bond donors (Lipinski definition) is 0. The van der Waals surface area contributed by atoms with Gasteiger partial charge in [0, 0.05) is 22.8 Å². The van der Waals surface area contributed by atoms with Crippen molar-refractivity contribution in [3.63, 3.8) is 0 Å². The third-order valence-electron chi connectivity index (χ3n) is 4.48. The van der Waals surface area contributed by atoms with E-state index in [1.165, 1.54) is 0 Å². The molecule has 0 saturated heterocycles. The summed E-state index contributed by atoms with van der Waals surface area (Å²) >= 11 is 1.64. The van der Waals surface area contributed by atoms with E-state index in [0.717, 1.165) is 27.4 Å². The van der Waals surface area contributed by atoms with Crippen LogP contribution >= 0.6 is 11.3 Å². The number of aromatic nitrogens is 5. The number of ether oxygens (including phenoxy) is 1.